The molecule has 1 aromatic carbocycles. The summed E-state index contributed by atoms with van der Waals surface area (Å²) in [4.78, 5) is 4.44. The van der Waals surface area contributed by atoms with Gasteiger partial charge in [-0.25, -0.2) is 4.98 Å². The second-order valence-corrected chi connectivity index (χ2v) is 5.80. The molecule has 0 fully saturated rings. The Hall–Kier alpha value is -1.23. The summed E-state index contributed by atoms with van der Waals surface area (Å²) in [5.41, 5.74) is 9.71. The van der Waals surface area contributed by atoms with Gasteiger partial charge in [0.1, 0.15) is 0 Å². The van der Waals surface area contributed by atoms with Gasteiger partial charge in [0.15, 0.2) is 0 Å². The molecule has 0 radical (unpaired) electrons. The molecule has 0 saturated carbocycles. The van der Waals surface area contributed by atoms with Gasteiger partial charge in [0.05, 0.1) is 5.01 Å². The Morgan fingerprint density at radius 1 is 1.26 bits per heavy atom. The molecule has 3 N–H and O–H groups in total. The summed E-state index contributed by atoms with van der Waals surface area (Å²) in [6.07, 6.45) is 0.971. The molecule has 2 aromatic rings. The summed E-state index contributed by atoms with van der Waals surface area (Å²) < 4.78 is 0. The number of nitrogens with two attached hydrogens (primary N) is 1. The average Bonchev–Trinajstić information content (AvgIpc) is 2.81. The van der Waals surface area contributed by atoms with Gasteiger partial charge in [0, 0.05) is 36.6 Å². The van der Waals surface area contributed by atoms with E-state index in [9.17, 15) is 0 Å². The molecular weight excluding hydrogens is 254 g/mol. The van der Waals surface area contributed by atoms with E-state index in [1.165, 1.54) is 16.1 Å². The van der Waals surface area contributed by atoms with E-state index >= 15 is 0 Å². The predicted molar refractivity (Wildman–Crippen MR) is 81.5 cm³/mol. The lowest BCUT2D eigenvalue weighted by atomic mass is 10.1. The monoisotopic (exact) mass is 275 g/mol. The van der Waals surface area contributed by atoms with Crippen LogP contribution in [-0.2, 0) is 6.42 Å². The summed E-state index contributed by atoms with van der Waals surface area (Å²) in [5, 5.41) is 6.68. The van der Waals surface area contributed by atoms with Crippen LogP contribution in [0.25, 0.3) is 0 Å². The van der Waals surface area contributed by atoms with Crippen LogP contribution in [0.1, 0.15) is 27.9 Å². The fourth-order valence-electron chi connectivity index (χ4n) is 1.90. The van der Waals surface area contributed by atoms with Crippen LogP contribution in [0.15, 0.2) is 29.6 Å². The quantitative estimate of drug-likeness (QED) is 0.797. The second kappa shape index (κ2) is 6.80. The van der Waals surface area contributed by atoms with Gasteiger partial charge in [0.2, 0.25) is 0 Å². The number of thiazole rings is 1. The molecule has 1 atom stereocenters. The summed E-state index contributed by atoms with van der Waals surface area (Å²) in [7, 11) is 0. The average molecular weight is 275 g/mol. The molecule has 19 heavy (non-hydrogen) atoms. The molecular formula is C15H21N3S. The first-order chi connectivity index (χ1) is 9.15. The van der Waals surface area contributed by atoms with E-state index in [0.717, 1.165) is 25.2 Å². The molecule has 0 bridgehead atoms. The molecule has 0 aliphatic rings. The Labute approximate surface area is 118 Å². The van der Waals surface area contributed by atoms with Crippen LogP contribution in [0.4, 0.5) is 0 Å². The van der Waals surface area contributed by atoms with Gasteiger partial charge in [-0.15, -0.1) is 11.3 Å². The van der Waals surface area contributed by atoms with Crippen molar-refractivity contribution in [2.75, 3.05) is 13.1 Å². The minimum absolute atomic E-state index is 0.0543. The number of benzene rings is 1. The van der Waals surface area contributed by atoms with E-state index in [1.807, 2.05) is 6.92 Å². The zero-order valence-electron chi connectivity index (χ0n) is 11.5. The van der Waals surface area contributed by atoms with Crippen LogP contribution in [0.2, 0.25) is 0 Å². The molecule has 0 aliphatic carbocycles. The SMILES string of the molecule is Cc1ccc(C(N)CNCCc2nc(C)cs2)cc1. The molecule has 4 heteroatoms. The van der Waals surface area contributed by atoms with E-state index in [2.05, 4.69) is 46.9 Å². The number of nitrogens with one attached hydrogen (secondary N) is 1. The molecule has 1 heterocycles. The van der Waals surface area contributed by atoms with Gasteiger partial charge in [-0.2, -0.15) is 0 Å². The third-order valence-electron chi connectivity index (χ3n) is 3.05. The third-order valence-corrected chi connectivity index (χ3v) is 4.08. The highest BCUT2D eigenvalue weighted by Crippen LogP contribution is 2.11. The molecule has 1 unspecified atom stereocenters. The Morgan fingerprint density at radius 3 is 2.63 bits per heavy atom. The number of rotatable bonds is 6. The Balaban J connectivity index is 1.72. The number of hydrogen-bond acceptors (Lipinski definition) is 4. The first-order valence-electron chi connectivity index (χ1n) is 6.59. The van der Waals surface area contributed by atoms with Crippen molar-refractivity contribution in [3.63, 3.8) is 0 Å². The maximum absolute atomic E-state index is 6.15. The van der Waals surface area contributed by atoms with Gasteiger partial charge >= 0.3 is 0 Å². The van der Waals surface area contributed by atoms with Gasteiger partial charge < -0.3 is 11.1 Å². The summed E-state index contributed by atoms with van der Waals surface area (Å²) in [6.45, 7) is 5.84. The predicted octanol–water partition coefficient (Wildman–Crippen LogP) is 2.59. The van der Waals surface area contributed by atoms with Crippen molar-refractivity contribution < 1.29 is 0 Å². The molecule has 2 rings (SSSR count). The van der Waals surface area contributed by atoms with Crippen LogP contribution in [0.3, 0.4) is 0 Å². The Bertz CT molecular complexity index is 504. The van der Waals surface area contributed by atoms with Gasteiger partial charge in [-0.05, 0) is 19.4 Å². The smallest absolute Gasteiger partial charge is 0.0940 e. The molecule has 0 amide bonds. The number of hydrogen-bond donors (Lipinski definition) is 2. The van der Waals surface area contributed by atoms with Crippen LogP contribution >= 0.6 is 11.3 Å². The topological polar surface area (TPSA) is 50.9 Å². The molecule has 102 valence electrons. The fraction of sp³-hybridized carbons (Fsp3) is 0.400. The van der Waals surface area contributed by atoms with Gasteiger partial charge in [-0.3, -0.25) is 0 Å². The maximum Gasteiger partial charge on any atom is 0.0940 e. The Morgan fingerprint density at radius 2 is 2.00 bits per heavy atom. The number of aromatic nitrogens is 1. The van der Waals surface area contributed by atoms with E-state index in [1.54, 1.807) is 11.3 Å². The van der Waals surface area contributed by atoms with Crippen molar-refractivity contribution in [1.29, 1.82) is 0 Å². The standard InChI is InChI=1S/C15H21N3S/c1-11-3-5-13(6-4-11)14(16)9-17-8-7-15-18-12(2)10-19-15/h3-6,10,14,17H,7-9,16H2,1-2H3. The van der Waals surface area contributed by atoms with Crippen molar-refractivity contribution in [3.8, 4) is 0 Å². The van der Waals surface area contributed by atoms with Crippen molar-refractivity contribution >= 4 is 11.3 Å². The largest absolute Gasteiger partial charge is 0.323 e. The number of nitrogens with zero attached hydrogens (tertiary/aromatic N) is 1. The highest BCUT2D eigenvalue weighted by molar-refractivity contribution is 7.09. The van der Waals surface area contributed by atoms with Crippen LogP contribution in [-0.4, -0.2) is 18.1 Å². The van der Waals surface area contributed by atoms with E-state index in [4.69, 9.17) is 5.73 Å². The van der Waals surface area contributed by atoms with Crippen LogP contribution in [0, 0.1) is 13.8 Å². The summed E-state index contributed by atoms with van der Waals surface area (Å²) >= 11 is 1.72. The normalized spacial score (nSPS) is 12.6. The highest BCUT2D eigenvalue weighted by Gasteiger charge is 2.05. The summed E-state index contributed by atoms with van der Waals surface area (Å²) in [6, 6.07) is 8.47. The van der Waals surface area contributed by atoms with Crippen molar-refractivity contribution in [2.24, 2.45) is 5.73 Å². The molecule has 0 saturated heterocycles. The maximum atomic E-state index is 6.15. The highest BCUT2D eigenvalue weighted by atomic mass is 32.1. The lowest BCUT2D eigenvalue weighted by molar-refractivity contribution is 0.598. The second-order valence-electron chi connectivity index (χ2n) is 4.85. The third kappa shape index (κ3) is 4.42. The minimum Gasteiger partial charge on any atom is -0.323 e. The molecule has 0 aliphatic heterocycles. The van der Waals surface area contributed by atoms with Crippen molar-refractivity contribution in [3.05, 3.63) is 51.5 Å². The lowest BCUT2D eigenvalue weighted by Crippen LogP contribution is -2.28. The van der Waals surface area contributed by atoms with Crippen LogP contribution in [0.5, 0.6) is 0 Å². The summed E-state index contributed by atoms with van der Waals surface area (Å²) in [5.74, 6) is 0. The fourth-order valence-corrected chi connectivity index (χ4v) is 2.68. The van der Waals surface area contributed by atoms with Crippen LogP contribution < -0.4 is 11.1 Å². The lowest BCUT2D eigenvalue weighted by Gasteiger charge is -2.13. The van der Waals surface area contributed by atoms with E-state index in [-0.39, 0.29) is 6.04 Å². The molecule has 3 nitrogen and oxygen atoms in total. The molecule has 0 spiro atoms. The zero-order chi connectivity index (χ0) is 13.7. The first kappa shape index (κ1) is 14.2. The number of aryl methyl sites for hydroxylation is 2. The van der Waals surface area contributed by atoms with Gasteiger partial charge in [0.25, 0.3) is 0 Å². The minimum atomic E-state index is 0.0543. The zero-order valence-corrected chi connectivity index (χ0v) is 12.3. The van der Waals surface area contributed by atoms with E-state index in [0.29, 0.717) is 0 Å². The van der Waals surface area contributed by atoms with Gasteiger partial charge in [-0.1, -0.05) is 29.8 Å². The molecule has 1 aromatic heterocycles. The van der Waals surface area contributed by atoms with E-state index < -0.39 is 0 Å². The Kier molecular flexibility index (Phi) is 5.07. The van der Waals surface area contributed by atoms with Crippen molar-refractivity contribution in [2.45, 2.75) is 26.3 Å². The first-order valence-corrected chi connectivity index (χ1v) is 7.47. The van der Waals surface area contributed by atoms with Crippen molar-refractivity contribution in [1.82, 2.24) is 10.3 Å².